The van der Waals surface area contributed by atoms with Gasteiger partial charge in [-0.3, -0.25) is 0 Å². The topological polar surface area (TPSA) is 20.2 Å². The van der Waals surface area contributed by atoms with Gasteiger partial charge in [-0.1, -0.05) is 42.5 Å². The van der Waals surface area contributed by atoms with Crippen LogP contribution in [0.4, 0.5) is 0 Å². The van der Waals surface area contributed by atoms with Gasteiger partial charge in [-0.05, 0) is 40.7 Å². The molecule has 0 fully saturated rings. The third kappa shape index (κ3) is 1.12. The van der Waals surface area contributed by atoms with Crippen molar-refractivity contribution < 1.29 is 5.11 Å². The van der Waals surface area contributed by atoms with Gasteiger partial charge in [0.25, 0.3) is 0 Å². The number of fused-ring (bicyclic) bond motifs is 3. The van der Waals surface area contributed by atoms with Crippen LogP contribution < -0.4 is 0 Å². The first-order chi connectivity index (χ1) is 8.36. The number of hydrogen-bond acceptors (Lipinski definition) is 1. The number of benzene rings is 2. The van der Waals surface area contributed by atoms with Gasteiger partial charge in [-0.25, -0.2) is 0 Å². The smallest absolute Gasteiger partial charge is 0.0793 e. The Bertz CT molecular complexity index is 600. The van der Waals surface area contributed by atoms with Gasteiger partial charge in [0.2, 0.25) is 0 Å². The molecule has 1 nitrogen and oxygen atoms in total. The van der Waals surface area contributed by atoms with Crippen LogP contribution in [-0.2, 0) is 0 Å². The van der Waals surface area contributed by atoms with Crippen LogP contribution in [0.3, 0.4) is 0 Å². The van der Waals surface area contributed by atoms with Gasteiger partial charge in [0.15, 0.2) is 0 Å². The Morgan fingerprint density at radius 2 is 1.59 bits per heavy atom. The maximum Gasteiger partial charge on any atom is 0.0793 e. The summed E-state index contributed by atoms with van der Waals surface area (Å²) in [4.78, 5) is 0. The molecule has 1 N–H and O–H groups in total. The first-order valence-electron chi connectivity index (χ1n) is 6.26. The van der Waals surface area contributed by atoms with Crippen molar-refractivity contribution in [1.29, 1.82) is 0 Å². The monoisotopic (exact) mass is 222 g/mol. The largest absolute Gasteiger partial charge is 0.388 e. The van der Waals surface area contributed by atoms with Crippen LogP contribution in [-0.4, -0.2) is 5.11 Å². The molecular formula is C16H14O. The fourth-order valence-corrected chi connectivity index (χ4v) is 3.48. The van der Waals surface area contributed by atoms with E-state index in [2.05, 4.69) is 42.5 Å². The maximum absolute atomic E-state index is 10.1. The summed E-state index contributed by atoms with van der Waals surface area (Å²) in [6, 6.07) is 15.0. The minimum Gasteiger partial charge on any atom is -0.388 e. The minimum atomic E-state index is -0.268. The van der Waals surface area contributed by atoms with Crippen LogP contribution >= 0.6 is 0 Å². The van der Waals surface area contributed by atoms with Crippen molar-refractivity contribution in [3.05, 3.63) is 59.2 Å². The molecule has 17 heavy (non-hydrogen) atoms. The molecule has 0 spiro atoms. The lowest BCUT2D eigenvalue weighted by molar-refractivity contribution is 0.154. The lowest BCUT2D eigenvalue weighted by atomic mass is 9.81. The highest BCUT2D eigenvalue weighted by Crippen LogP contribution is 2.52. The van der Waals surface area contributed by atoms with Gasteiger partial charge in [0, 0.05) is 5.92 Å². The molecule has 2 aliphatic rings. The average Bonchev–Trinajstić information content (AvgIpc) is 2.70. The summed E-state index contributed by atoms with van der Waals surface area (Å²) in [5, 5.41) is 10.1. The molecule has 0 saturated heterocycles. The molecule has 4 rings (SSSR count). The maximum atomic E-state index is 10.1. The lowest BCUT2D eigenvalue weighted by Crippen LogP contribution is -2.12. The van der Waals surface area contributed by atoms with E-state index in [9.17, 15) is 5.11 Å². The van der Waals surface area contributed by atoms with E-state index in [1.165, 1.54) is 22.3 Å². The van der Waals surface area contributed by atoms with Crippen LogP contribution in [0.1, 0.15) is 41.6 Å². The number of hydrogen-bond donors (Lipinski definition) is 1. The number of aliphatic hydroxyl groups is 1. The second-order valence-corrected chi connectivity index (χ2v) is 5.04. The summed E-state index contributed by atoms with van der Waals surface area (Å²) < 4.78 is 0. The fourth-order valence-electron chi connectivity index (χ4n) is 3.48. The van der Waals surface area contributed by atoms with Crippen molar-refractivity contribution in [2.24, 2.45) is 0 Å². The zero-order chi connectivity index (χ0) is 11.4. The van der Waals surface area contributed by atoms with Crippen LogP contribution in [0.2, 0.25) is 0 Å². The minimum absolute atomic E-state index is 0.268. The summed E-state index contributed by atoms with van der Waals surface area (Å²) in [5.74, 6) is 0.515. The second kappa shape index (κ2) is 3.21. The highest BCUT2D eigenvalue weighted by atomic mass is 16.3. The van der Waals surface area contributed by atoms with E-state index in [0.29, 0.717) is 5.92 Å². The summed E-state index contributed by atoms with van der Waals surface area (Å²) >= 11 is 0. The first-order valence-corrected chi connectivity index (χ1v) is 6.26. The molecule has 84 valence electrons. The second-order valence-electron chi connectivity index (χ2n) is 5.04. The van der Waals surface area contributed by atoms with Gasteiger partial charge < -0.3 is 5.11 Å². The van der Waals surface area contributed by atoms with Crippen molar-refractivity contribution in [1.82, 2.24) is 0 Å². The van der Waals surface area contributed by atoms with Crippen LogP contribution in [0.5, 0.6) is 0 Å². The van der Waals surface area contributed by atoms with Crippen molar-refractivity contribution in [2.75, 3.05) is 0 Å². The van der Waals surface area contributed by atoms with E-state index in [1.54, 1.807) is 0 Å². The van der Waals surface area contributed by atoms with E-state index < -0.39 is 0 Å². The summed E-state index contributed by atoms with van der Waals surface area (Å²) in [6.07, 6.45) is 1.69. The third-order valence-electron chi connectivity index (χ3n) is 4.20. The zero-order valence-corrected chi connectivity index (χ0v) is 9.56. The van der Waals surface area contributed by atoms with E-state index >= 15 is 0 Å². The Hall–Kier alpha value is -1.60. The Balaban J connectivity index is 2.08. The molecule has 2 aliphatic carbocycles. The molecule has 0 bridgehead atoms. The van der Waals surface area contributed by atoms with E-state index in [-0.39, 0.29) is 6.10 Å². The van der Waals surface area contributed by atoms with Crippen LogP contribution in [0, 0.1) is 0 Å². The Morgan fingerprint density at radius 1 is 0.824 bits per heavy atom. The molecule has 0 heterocycles. The van der Waals surface area contributed by atoms with Gasteiger partial charge in [0.05, 0.1) is 6.10 Å². The lowest BCUT2D eigenvalue weighted by Gasteiger charge is -2.26. The van der Waals surface area contributed by atoms with Gasteiger partial charge in [0.1, 0.15) is 0 Å². The van der Waals surface area contributed by atoms with E-state index in [4.69, 9.17) is 0 Å². The van der Waals surface area contributed by atoms with Crippen LogP contribution in [0.15, 0.2) is 42.5 Å². The van der Waals surface area contributed by atoms with Crippen molar-refractivity contribution in [3.63, 3.8) is 0 Å². The Labute approximate surface area is 101 Å². The molecule has 1 heteroatoms. The summed E-state index contributed by atoms with van der Waals surface area (Å²) in [6.45, 7) is 0. The number of aliphatic hydroxyl groups excluding tert-OH is 1. The molecule has 2 aromatic carbocycles. The molecule has 2 atom stereocenters. The molecule has 2 aromatic rings. The van der Waals surface area contributed by atoms with Crippen molar-refractivity contribution in [3.8, 4) is 11.1 Å². The Kier molecular flexibility index (Phi) is 1.78. The third-order valence-corrected chi connectivity index (χ3v) is 4.20. The number of rotatable bonds is 0. The van der Waals surface area contributed by atoms with Crippen molar-refractivity contribution in [2.45, 2.75) is 24.9 Å². The quantitative estimate of drug-likeness (QED) is 0.721. The average molecular weight is 222 g/mol. The fraction of sp³-hybridized carbons (Fsp3) is 0.250. The molecule has 0 unspecified atom stereocenters. The van der Waals surface area contributed by atoms with Crippen LogP contribution in [0.25, 0.3) is 11.1 Å². The highest BCUT2D eigenvalue weighted by molar-refractivity contribution is 5.80. The Morgan fingerprint density at radius 3 is 2.53 bits per heavy atom. The predicted octanol–water partition coefficient (Wildman–Crippen LogP) is 3.63. The molecular weight excluding hydrogens is 208 g/mol. The first kappa shape index (κ1) is 9.43. The molecule has 0 aromatic heterocycles. The summed E-state index contributed by atoms with van der Waals surface area (Å²) in [5.41, 5.74) is 6.68. The molecule has 0 saturated carbocycles. The molecule has 0 radical (unpaired) electrons. The van der Waals surface area contributed by atoms with Gasteiger partial charge in [-0.15, -0.1) is 0 Å². The highest BCUT2D eigenvalue weighted by Gasteiger charge is 2.35. The van der Waals surface area contributed by atoms with Crippen molar-refractivity contribution >= 4 is 0 Å². The molecule has 0 aliphatic heterocycles. The standard InChI is InChI=1S/C16H14O/c17-15-9-8-13-11-5-2-1-4-10(11)12-6-3-7-14(15)16(12)13/h1-7,13,15,17H,8-9H2/t13-,15+/m0/s1. The SMILES string of the molecule is O[C@@H]1CC[C@H]2c3ccccc3-c3cccc1c32. The van der Waals surface area contributed by atoms with Gasteiger partial charge >= 0.3 is 0 Å². The zero-order valence-electron chi connectivity index (χ0n) is 9.56. The van der Waals surface area contributed by atoms with E-state index in [0.717, 1.165) is 18.4 Å². The summed E-state index contributed by atoms with van der Waals surface area (Å²) in [7, 11) is 0. The van der Waals surface area contributed by atoms with Gasteiger partial charge in [-0.2, -0.15) is 0 Å². The van der Waals surface area contributed by atoms with E-state index in [1.807, 2.05) is 0 Å². The predicted molar refractivity (Wildman–Crippen MR) is 67.9 cm³/mol. The normalized spacial score (nSPS) is 24.3. The molecule has 0 amide bonds.